The lowest BCUT2D eigenvalue weighted by atomic mass is 10.2. The third-order valence-electron chi connectivity index (χ3n) is 4.44. The van der Waals surface area contributed by atoms with Crippen LogP contribution in [0.4, 0.5) is 5.69 Å². The fourth-order valence-electron chi connectivity index (χ4n) is 3.13. The second kappa shape index (κ2) is 6.60. The molecule has 0 bridgehead atoms. The first-order valence-corrected chi connectivity index (χ1v) is 8.48. The van der Waals surface area contributed by atoms with Gasteiger partial charge in [-0.1, -0.05) is 24.3 Å². The lowest BCUT2D eigenvalue weighted by molar-refractivity contribution is -0.117. The second-order valence-corrected chi connectivity index (χ2v) is 6.32. The molecule has 4 rings (SSSR count). The number of methoxy groups -OCH3 is 1. The minimum Gasteiger partial charge on any atom is -0.495 e. The number of para-hydroxylation sites is 1. The maximum atomic E-state index is 12.7. The number of anilines is 1. The number of aromatic amines is 1. The van der Waals surface area contributed by atoms with Crippen molar-refractivity contribution in [3.63, 3.8) is 0 Å². The Morgan fingerprint density at radius 2 is 2.04 bits per heavy atom. The van der Waals surface area contributed by atoms with Crippen molar-refractivity contribution in [2.24, 2.45) is 0 Å². The summed E-state index contributed by atoms with van der Waals surface area (Å²) in [6.45, 7) is 1.73. The standard InChI is InChI=1S/C20H18N4O3/c1-12-7-8-17(27-2)16(9-12)22-18(25)11-24-20(26)19-14(10-21-24)13-5-3-4-6-15(13)23-19/h3-10,23H,11H2,1-2H3,(H,22,25). The Morgan fingerprint density at radius 1 is 1.22 bits per heavy atom. The van der Waals surface area contributed by atoms with E-state index >= 15 is 0 Å². The Labute approximate surface area is 154 Å². The van der Waals surface area contributed by atoms with Crippen molar-refractivity contribution in [2.45, 2.75) is 13.5 Å². The first kappa shape index (κ1) is 16.8. The van der Waals surface area contributed by atoms with Crippen LogP contribution in [0, 0.1) is 6.92 Å². The van der Waals surface area contributed by atoms with E-state index in [2.05, 4.69) is 15.4 Å². The van der Waals surface area contributed by atoms with Gasteiger partial charge in [-0.05, 0) is 30.7 Å². The summed E-state index contributed by atoms with van der Waals surface area (Å²) in [6.07, 6.45) is 1.61. The molecule has 2 N–H and O–H groups in total. The Hall–Kier alpha value is -3.61. The number of fused-ring (bicyclic) bond motifs is 3. The maximum Gasteiger partial charge on any atom is 0.291 e. The fraction of sp³-hybridized carbons (Fsp3) is 0.150. The number of benzene rings is 2. The van der Waals surface area contributed by atoms with E-state index in [1.165, 1.54) is 7.11 Å². The van der Waals surface area contributed by atoms with Gasteiger partial charge in [0.15, 0.2) is 0 Å². The molecular weight excluding hydrogens is 344 g/mol. The molecule has 0 spiro atoms. The number of hydrogen-bond acceptors (Lipinski definition) is 4. The zero-order valence-corrected chi connectivity index (χ0v) is 14.9. The number of carbonyl (C=O) groups is 1. The first-order chi connectivity index (χ1) is 13.1. The Bertz CT molecular complexity index is 1220. The highest BCUT2D eigenvalue weighted by Crippen LogP contribution is 2.25. The molecule has 0 fully saturated rings. The number of H-pyrrole nitrogens is 1. The summed E-state index contributed by atoms with van der Waals surface area (Å²) in [7, 11) is 1.54. The summed E-state index contributed by atoms with van der Waals surface area (Å²) < 4.78 is 6.41. The molecule has 1 amide bonds. The summed E-state index contributed by atoms with van der Waals surface area (Å²) in [4.78, 5) is 28.3. The number of hydrogen-bond donors (Lipinski definition) is 2. The average molecular weight is 362 g/mol. The van der Waals surface area contributed by atoms with Crippen molar-refractivity contribution >= 4 is 33.4 Å². The maximum absolute atomic E-state index is 12.7. The Kier molecular flexibility index (Phi) is 4.12. The molecule has 0 aliphatic carbocycles. The smallest absolute Gasteiger partial charge is 0.291 e. The van der Waals surface area contributed by atoms with Crippen LogP contribution in [-0.4, -0.2) is 27.8 Å². The SMILES string of the molecule is COc1ccc(C)cc1NC(=O)Cn1ncc2c([nH]c3ccccc32)c1=O. The number of ether oxygens (including phenoxy) is 1. The molecule has 0 aliphatic rings. The van der Waals surface area contributed by atoms with Crippen LogP contribution in [0.3, 0.4) is 0 Å². The molecule has 0 aliphatic heterocycles. The van der Waals surface area contributed by atoms with Crippen molar-refractivity contribution in [1.29, 1.82) is 0 Å². The van der Waals surface area contributed by atoms with E-state index in [9.17, 15) is 9.59 Å². The molecule has 2 aromatic heterocycles. The lowest BCUT2D eigenvalue weighted by Crippen LogP contribution is -2.29. The van der Waals surface area contributed by atoms with Gasteiger partial charge in [-0.15, -0.1) is 0 Å². The molecule has 27 heavy (non-hydrogen) atoms. The second-order valence-electron chi connectivity index (χ2n) is 6.32. The average Bonchev–Trinajstić information content (AvgIpc) is 3.04. The minimum absolute atomic E-state index is 0.193. The van der Waals surface area contributed by atoms with Crippen LogP contribution < -0.4 is 15.6 Å². The highest BCUT2D eigenvalue weighted by molar-refractivity contribution is 6.06. The van der Waals surface area contributed by atoms with Gasteiger partial charge < -0.3 is 15.0 Å². The number of carbonyl (C=O) groups excluding carboxylic acids is 1. The van der Waals surface area contributed by atoms with Gasteiger partial charge in [0.1, 0.15) is 17.8 Å². The highest BCUT2D eigenvalue weighted by atomic mass is 16.5. The molecule has 136 valence electrons. The summed E-state index contributed by atoms with van der Waals surface area (Å²) >= 11 is 0. The molecule has 0 unspecified atom stereocenters. The first-order valence-electron chi connectivity index (χ1n) is 8.48. The lowest BCUT2D eigenvalue weighted by Gasteiger charge is -2.11. The molecule has 0 saturated carbocycles. The molecule has 4 aromatic rings. The van der Waals surface area contributed by atoms with Gasteiger partial charge in [0.25, 0.3) is 5.56 Å². The van der Waals surface area contributed by atoms with Gasteiger partial charge >= 0.3 is 0 Å². The Balaban J connectivity index is 1.64. The predicted molar refractivity (Wildman–Crippen MR) is 104 cm³/mol. The van der Waals surface area contributed by atoms with Crippen LogP contribution in [0.25, 0.3) is 21.8 Å². The van der Waals surface area contributed by atoms with Gasteiger partial charge in [-0.3, -0.25) is 9.59 Å². The minimum atomic E-state index is -0.357. The van der Waals surface area contributed by atoms with Crippen LogP contribution in [0.15, 0.2) is 53.5 Å². The van der Waals surface area contributed by atoms with Gasteiger partial charge in [0, 0.05) is 16.3 Å². The van der Waals surface area contributed by atoms with E-state index in [0.29, 0.717) is 17.0 Å². The van der Waals surface area contributed by atoms with Crippen LogP contribution in [-0.2, 0) is 11.3 Å². The van der Waals surface area contributed by atoms with Gasteiger partial charge in [0.05, 0.1) is 19.0 Å². The third-order valence-corrected chi connectivity index (χ3v) is 4.44. The van der Waals surface area contributed by atoms with Crippen molar-refractivity contribution in [1.82, 2.24) is 14.8 Å². The largest absolute Gasteiger partial charge is 0.495 e. The third kappa shape index (κ3) is 3.03. The predicted octanol–water partition coefficient (Wildman–Crippen LogP) is 2.83. The van der Waals surface area contributed by atoms with E-state index in [1.807, 2.05) is 43.3 Å². The molecule has 2 aromatic carbocycles. The molecule has 0 radical (unpaired) electrons. The van der Waals surface area contributed by atoms with Crippen molar-refractivity contribution in [2.75, 3.05) is 12.4 Å². The van der Waals surface area contributed by atoms with Crippen LogP contribution in [0.1, 0.15) is 5.56 Å². The number of rotatable bonds is 4. The van der Waals surface area contributed by atoms with E-state index in [4.69, 9.17) is 4.74 Å². The topological polar surface area (TPSA) is 89.0 Å². The van der Waals surface area contributed by atoms with E-state index in [1.54, 1.807) is 12.3 Å². The molecular formula is C20H18N4O3. The van der Waals surface area contributed by atoms with Crippen molar-refractivity contribution < 1.29 is 9.53 Å². The molecule has 0 saturated heterocycles. The van der Waals surface area contributed by atoms with Crippen LogP contribution in [0.5, 0.6) is 5.75 Å². The summed E-state index contributed by atoms with van der Waals surface area (Å²) in [5, 5.41) is 8.61. The monoisotopic (exact) mass is 362 g/mol. The van der Waals surface area contributed by atoms with Gasteiger partial charge in [-0.25, -0.2) is 4.68 Å². The zero-order chi connectivity index (χ0) is 19.0. The van der Waals surface area contributed by atoms with E-state index in [-0.39, 0.29) is 18.0 Å². The number of nitrogens with zero attached hydrogens (tertiary/aromatic N) is 2. The van der Waals surface area contributed by atoms with Gasteiger partial charge in [0.2, 0.25) is 5.91 Å². The van der Waals surface area contributed by atoms with E-state index in [0.717, 1.165) is 26.5 Å². The quantitative estimate of drug-likeness (QED) is 0.584. The molecule has 7 nitrogen and oxygen atoms in total. The summed E-state index contributed by atoms with van der Waals surface area (Å²) in [5.74, 6) is 0.198. The summed E-state index contributed by atoms with van der Waals surface area (Å²) in [6, 6.07) is 13.1. The number of nitrogens with one attached hydrogen (secondary N) is 2. The van der Waals surface area contributed by atoms with Crippen LogP contribution >= 0.6 is 0 Å². The van der Waals surface area contributed by atoms with Gasteiger partial charge in [-0.2, -0.15) is 5.10 Å². The highest BCUT2D eigenvalue weighted by Gasteiger charge is 2.14. The fourth-order valence-corrected chi connectivity index (χ4v) is 3.13. The van der Waals surface area contributed by atoms with Crippen molar-refractivity contribution in [3.05, 3.63) is 64.6 Å². The zero-order valence-electron chi connectivity index (χ0n) is 14.9. The van der Waals surface area contributed by atoms with Crippen molar-refractivity contribution in [3.8, 4) is 5.75 Å². The number of aromatic nitrogens is 3. The van der Waals surface area contributed by atoms with Crippen LogP contribution in [0.2, 0.25) is 0 Å². The normalized spacial score (nSPS) is 11.0. The number of amides is 1. The molecule has 7 heteroatoms. The number of aryl methyl sites for hydroxylation is 1. The molecule has 0 atom stereocenters. The van der Waals surface area contributed by atoms with E-state index < -0.39 is 0 Å². The Morgan fingerprint density at radius 3 is 2.85 bits per heavy atom. The summed E-state index contributed by atoms with van der Waals surface area (Å²) in [5.41, 5.74) is 2.50. The molecule has 2 heterocycles.